The maximum atomic E-state index is 12.8. The van der Waals surface area contributed by atoms with Crippen LogP contribution < -0.4 is 10.1 Å². The first-order chi connectivity index (χ1) is 15.6. The highest BCUT2D eigenvalue weighted by Gasteiger charge is 2.15. The number of nitrogens with one attached hydrogen (secondary N) is 1. The van der Waals surface area contributed by atoms with E-state index < -0.39 is 0 Å². The molecular weight excluding hydrogens is 400 g/mol. The molecule has 4 rings (SSSR count). The minimum absolute atomic E-state index is 0.0407. The Labute approximate surface area is 187 Å². The van der Waals surface area contributed by atoms with Crippen molar-refractivity contribution in [3.63, 3.8) is 0 Å². The van der Waals surface area contributed by atoms with Gasteiger partial charge >= 0.3 is 0 Å². The number of hydrogen-bond acceptors (Lipinski definition) is 3. The van der Waals surface area contributed by atoms with Crippen molar-refractivity contribution in [3.05, 3.63) is 108 Å². The van der Waals surface area contributed by atoms with Crippen molar-refractivity contribution >= 4 is 28.3 Å². The van der Waals surface area contributed by atoms with Crippen LogP contribution in [0.1, 0.15) is 15.9 Å². The summed E-state index contributed by atoms with van der Waals surface area (Å²) >= 11 is 0. The summed E-state index contributed by atoms with van der Waals surface area (Å²) < 4.78 is 5.73. The molecule has 160 valence electrons. The standard InChI is InChI=1S/C27H24N2O3/c1-29(18-26(30)28-25-13-7-9-21-8-5-6-12-24(21)25)27(31)22-16-14-20(15-17-22)19-32-23-10-3-2-4-11-23/h2-17H,18-19H2,1H3,(H,28,30). The van der Waals surface area contributed by atoms with Crippen molar-refractivity contribution in [2.45, 2.75) is 6.61 Å². The van der Waals surface area contributed by atoms with Crippen molar-refractivity contribution in [2.75, 3.05) is 18.9 Å². The number of rotatable bonds is 7. The highest BCUT2D eigenvalue weighted by atomic mass is 16.5. The molecule has 2 amide bonds. The van der Waals surface area contributed by atoms with Gasteiger partial charge in [0.25, 0.3) is 5.91 Å². The van der Waals surface area contributed by atoms with Crippen LogP contribution in [0.15, 0.2) is 97.1 Å². The predicted octanol–water partition coefficient (Wildman–Crippen LogP) is 5.13. The zero-order valence-corrected chi connectivity index (χ0v) is 17.8. The predicted molar refractivity (Wildman–Crippen MR) is 127 cm³/mol. The monoisotopic (exact) mass is 424 g/mol. The summed E-state index contributed by atoms with van der Waals surface area (Å²) in [6.07, 6.45) is 0. The third-order valence-corrected chi connectivity index (χ3v) is 5.14. The van der Waals surface area contributed by atoms with E-state index in [0.717, 1.165) is 27.8 Å². The first-order valence-corrected chi connectivity index (χ1v) is 10.4. The SMILES string of the molecule is CN(CC(=O)Nc1cccc2ccccc12)C(=O)c1ccc(COc2ccccc2)cc1. The lowest BCUT2D eigenvalue weighted by atomic mass is 10.1. The molecule has 0 aliphatic rings. The number of para-hydroxylation sites is 1. The van der Waals surface area contributed by atoms with E-state index in [1.807, 2.05) is 84.9 Å². The van der Waals surface area contributed by atoms with Crippen LogP contribution in [0.2, 0.25) is 0 Å². The summed E-state index contributed by atoms with van der Waals surface area (Å²) in [5.74, 6) is 0.336. The molecule has 5 nitrogen and oxygen atoms in total. The van der Waals surface area contributed by atoms with Crippen LogP contribution in [-0.2, 0) is 11.4 Å². The van der Waals surface area contributed by atoms with Gasteiger partial charge in [0.05, 0.1) is 6.54 Å². The van der Waals surface area contributed by atoms with E-state index in [4.69, 9.17) is 4.74 Å². The molecular formula is C27H24N2O3. The van der Waals surface area contributed by atoms with E-state index >= 15 is 0 Å². The van der Waals surface area contributed by atoms with Gasteiger partial charge in [-0.05, 0) is 41.3 Å². The van der Waals surface area contributed by atoms with E-state index in [1.165, 1.54) is 4.90 Å². The number of carbonyl (C=O) groups excluding carboxylic acids is 2. The highest BCUT2D eigenvalue weighted by molar-refractivity contribution is 6.04. The van der Waals surface area contributed by atoms with Gasteiger partial charge in [-0.25, -0.2) is 0 Å². The Bertz CT molecular complexity index is 1220. The molecule has 0 unspecified atom stereocenters. The molecule has 4 aromatic rings. The molecule has 5 heteroatoms. The van der Waals surface area contributed by atoms with Gasteiger partial charge in [0.15, 0.2) is 0 Å². The van der Waals surface area contributed by atoms with Crippen molar-refractivity contribution in [3.8, 4) is 5.75 Å². The van der Waals surface area contributed by atoms with Crippen molar-refractivity contribution in [1.29, 1.82) is 0 Å². The van der Waals surface area contributed by atoms with Crippen LogP contribution in [0.25, 0.3) is 10.8 Å². The molecule has 0 heterocycles. The number of ether oxygens (including phenoxy) is 1. The molecule has 32 heavy (non-hydrogen) atoms. The molecule has 0 spiro atoms. The number of anilines is 1. The Balaban J connectivity index is 1.34. The van der Waals surface area contributed by atoms with Crippen LogP contribution in [0.5, 0.6) is 5.75 Å². The summed E-state index contributed by atoms with van der Waals surface area (Å²) in [7, 11) is 1.62. The smallest absolute Gasteiger partial charge is 0.254 e. The van der Waals surface area contributed by atoms with Gasteiger partial charge in [-0.1, -0.05) is 66.7 Å². The summed E-state index contributed by atoms with van der Waals surface area (Å²) in [6.45, 7) is 0.378. The molecule has 0 saturated carbocycles. The van der Waals surface area contributed by atoms with Gasteiger partial charge in [-0.15, -0.1) is 0 Å². The Morgan fingerprint density at radius 1 is 0.812 bits per heavy atom. The van der Waals surface area contributed by atoms with Crippen LogP contribution in [0, 0.1) is 0 Å². The molecule has 0 radical (unpaired) electrons. The van der Waals surface area contributed by atoms with Gasteiger partial charge < -0.3 is 15.0 Å². The second kappa shape index (κ2) is 9.79. The lowest BCUT2D eigenvalue weighted by Crippen LogP contribution is -2.34. The highest BCUT2D eigenvalue weighted by Crippen LogP contribution is 2.23. The molecule has 4 aromatic carbocycles. The number of nitrogens with zero attached hydrogens (tertiary/aromatic N) is 1. The largest absolute Gasteiger partial charge is 0.489 e. The van der Waals surface area contributed by atoms with Gasteiger partial charge in [0.1, 0.15) is 12.4 Å². The van der Waals surface area contributed by atoms with E-state index in [9.17, 15) is 9.59 Å². The van der Waals surface area contributed by atoms with Crippen LogP contribution >= 0.6 is 0 Å². The number of amides is 2. The zero-order valence-electron chi connectivity index (χ0n) is 17.8. The van der Waals surface area contributed by atoms with E-state index in [1.54, 1.807) is 19.2 Å². The Morgan fingerprint density at radius 3 is 2.28 bits per heavy atom. The molecule has 0 fully saturated rings. The van der Waals surface area contributed by atoms with Gasteiger partial charge in [0.2, 0.25) is 5.91 Å². The summed E-state index contributed by atoms with van der Waals surface area (Å²) in [5, 5.41) is 4.93. The molecule has 0 aliphatic heterocycles. The van der Waals surface area contributed by atoms with E-state index in [2.05, 4.69) is 5.32 Å². The molecule has 0 saturated heterocycles. The van der Waals surface area contributed by atoms with Gasteiger partial charge in [-0.3, -0.25) is 9.59 Å². The molecule has 0 aromatic heterocycles. The minimum atomic E-state index is -0.245. The van der Waals surface area contributed by atoms with Crippen LogP contribution in [-0.4, -0.2) is 30.3 Å². The maximum absolute atomic E-state index is 12.8. The van der Waals surface area contributed by atoms with Gasteiger partial charge in [-0.2, -0.15) is 0 Å². The Hall–Kier alpha value is -4.12. The fourth-order valence-electron chi connectivity index (χ4n) is 3.46. The number of benzene rings is 4. The van der Waals surface area contributed by atoms with Gasteiger partial charge in [0, 0.05) is 23.7 Å². The molecule has 0 bridgehead atoms. The van der Waals surface area contributed by atoms with Crippen LogP contribution in [0.4, 0.5) is 5.69 Å². The fraction of sp³-hybridized carbons (Fsp3) is 0.111. The average molecular weight is 425 g/mol. The minimum Gasteiger partial charge on any atom is -0.489 e. The number of carbonyl (C=O) groups is 2. The van der Waals surface area contributed by atoms with Crippen LogP contribution in [0.3, 0.4) is 0 Å². The first kappa shape index (κ1) is 21.1. The van der Waals surface area contributed by atoms with E-state index in [-0.39, 0.29) is 18.4 Å². The second-order valence-electron chi connectivity index (χ2n) is 7.53. The molecule has 0 atom stereocenters. The number of likely N-dealkylation sites (N-methyl/N-ethyl adjacent to an activating group) is 1. The normalized spacial score (nSPS) is 10.5. The summed E-state index contributed by atoms with van der Waals surface area (Å²) in [6, 6.07) is 30.4. The Morgan fingerprint density at radius 2 is 1.50 bits per heavy atom. The lowest BCUT2D eigenvalue weighted by molar-refractivity contribution is -0.116. The number of fused-ring (bicyclic) bond motifs is 1. The summed E-state index contributed by atoms with van der Waals surface area (Å²) in [5.41, 5.74) is 2.22. The summed E-state index contributed by atoms with van der Waals surface area (Å²) in [4.78, 5) is 26.7. The maximum Gasteiger partial charge on any atom is 0.254 e. The third-order valence-electron chi connectivity index (χ3n) is 5.14. The van der Waals surface area contributed by atoms with Crippen molar-refractivity contribution in [1.82, 2.24) is 4.90 Å². The lowest BCUT2D eigenvalue weighted by Gasteiger charge is -2.17. The first-order valence-electron chi connectivity index (χ1n) is 10.4. The third kappa shape index (κ3) is 5.13. The Kier molecular flexibility index (Phi) is 6.46. The van der Waals surface area contributed by atoms with Crippen molar-refractivity contribution < 1.29 is 14.3 Å². The number of hydrogen-bond donors (Lipinski definition) is 1. The van der Waals surface area contributed by atoms with Crippen molar-refractivity contribution in [2.24, 2.45) is 0 Å². The molecule has 1 N–H and O–H groups in total. The van der Waals surface area contributed by atoms with E-state index in [0.29, 0.717) is 12.2 Å². The quantitative estimate of drug-likeness (QED) is 0.447. The molecule has 0 aliphatic carbocycles. The zero-order chi connectivity index (χ0) is 22.3. The topological polar surface area (TPSA) is 58.6 Å². The second-order valence-corrected chi connectivity index (χ2v) is 7.53. The fourth-order valence-corrected chi connectivity index (χ4v) is 3.46. The average Bonchev–Trinajstić information content (AvgIpc) is 2.83.